The van der Waals surface area contributed by atoms with Crippen LogP contribution in [0, 0.1) is 0 Å². The summed E-state index contributed by atoms with van der Waals surface area (Å²) in [5.74, 6) is 0.467. The van der Waals surface area contributed by atoms with Gasteiger partial charge in [0.1, 0.15) is 6.61 Å². The Hall–Kier alpha value is -0.880. The SMILES string of the molecule is COc1nc(OCC2(N)CCCCC2)ncc1Br. The Kier molecular flexibility index (Phi) is 4.40. The van der Waals surface area contributed by atoms with E-state index in [-0.39, 0.29) is 5.54 Å². The van der Waals surface area contributed by atoms with Gasteiger partial charge >= 0.3 is 6.01 Å². The second-order valence-corrected chi connectivity index (χ2v) is 5.58. The highest BCUT2D eigenvalue weighted by Crippen LogP contribution is 2.27. The van der Waals surface area contributed by atoms with E-state index < -0.39 is 0 Å². The van der Waals surface area contributed by atoms with Crippen molar-refractivity contribution in [3.63, 3.8) is 0 Å². The van der Waals surface area contributed by atoms with Crippen LogP contribution in [-0.4, -0.2) is 29.2 Å². The lowest BCUT2D eigenvalue weighted by molar-refractivity contribution is 0.162. The molecule has 1 aromatic heterocycles. The Morgan fingerprint density at radius 2 is 2.11 bits per heavy atom. The van der Waals surface area contributed by atoms with Crippen molar-refractivity contribution in [1.82, 2.24) is 9.97 Å². The summed E-state index contributed by atoms with van der Waals surface area (Å²) in [6.07, 6.45) is 7.23. The van der Waals surface area contributed by atoms with Gasteiger partial charge in [-0.15, -0.1) is 0 Å². The van der Waals surface area contributed by atoms with Gasteiger partial charge in [-0.3, -0.25) is 0 Å². The van der Waals surface area contributed by atoms with Gasteiger partial charge in [0.15, 0.2) is 0 Å². The molecule has 6 heteroatoms. The van der Waals surface area contributed by atoms with Gasteiger partial charge in [0.25, 0.3) is 0 Å². The molecule has 0 aromatic carbocycles. The summed E-state index contributed by atoms with van der Waals surface area (Å²) in [4.78, 5) is 8.23. The largest absolute Gasteiger partial charge is 0.480 e. The molecular weight excluding hydrogens is 298 g/mol. The molecule has 5 nitrogen and oxygen atoms in total. The zero-order chi connectivity index (χ0) is 13.0. The van der Waals surface area contributed by atoms with Gasteiger partial charge in [0, 0.05) is 0 Å². The average molecular weight is 316 g/mol. The molecular formula is C12H18BrN3O2. The summed E-state index contributed by atoms with van der Waals surface area (Å²) in [6.45, 7) is 0.456. The van der Waals surface area contributed by atoms with E-state index in [1.807, 2.05) is 0 Å². The molecule has 100 valence electrons. The topological polar surface area (TPSA) is 70.3 Å². The van der Waals surface area contributed by atoms with Gasteiger partial charge in [-0.25, -0.2) is 4.98 Å². The number of methoxy groups -OCH3 is 1. The minimum atomic E-state index is -0.234. The van der Waals surface area contributed by atoms with Crippen LogP contribution >= 0.6 is 15.9 Å². The van der Waals surface area contributed by atoms with E-state index in [4.69, 9.17) is 15.2 Å². The van der Waals surface area contributed by atoms with Gasteiger partial charge in [-0.05, 0) is 28.8 Å². The Morgan fingerprint density at radius 1 is 1.39 bits per heavy atom. The summed E-state index contributed by atoms with van der Waals surface area (Å²) in [6, 6.07) is 0.311. The Morgan fingerprint density at radius 3 is 2.78 bits per heavy atom. The van der Waals surface area contributed by atoms with Crippen molar-refractivity contribution in [2.45, 2.75) is 37.6 Å². The van der Waals surface area contributed by atoms with E-state index >= 15 is 0 Å². The van der Waals surface area contributed by atoms with Crippen molar-refractivity contribution in [1.29, 1.82) is 0 Å². The van der Waals surface area contributed by atoms with E-state index in [0.717, 1.165) is 12.8 Å². The van der Waals surface area contributed by atoms with Crippen LogP contribution in [0.5, 0.6) is 11.9 Å². The number of halogens is 1. The first-order valence-corrected chi connectivity index (χ1v) is 6.90. The first-order valence-electron chi connectivity index (χ1n) is 6.11. The fourth-order valence-electron chi connectivity index (χ4n) is 2.16. The molecule has 0 unspecified atom stereocenters. The first kappa shape index (κ1) is 13.5. The normalized spacial score (nSPS) is 18.4. The number of aromatic nitrogens is 2. The zero-order valence-corrected chi connectivity index (χ0v) is 12.1. The summed E-state index contributed by atoms with van der Waals surface area (Å²) in [7, 11) is 1.56. The molecule has 0 bridgehead atoms. The maximum absolute atomic E-state index is 6.29. The first-order chi connectivity index (χ1) is 8.63. The lowest BCUT2D eigenvalue weighted by Crippen LogP contribution is -2.47. The maximum atomic E-state index is 6.29. The Bertz CT molecular complexity index is 408. The third-order valence-electron chi connectivity index (χ3n) is 3.22. The van der Waals surface area contributed by atoms with Crippen LogP contribution in [0.25, 0.3) is 0 Å². The second-order valence-electron chi connectivity index (χ2n) is 4.72. The van der Waals surface area contributed by atoms with Crippen molar-refractivity contribution in [3.8, 4) is 11.9 Å². The molecule has 1 aliphatic carbocycles. The molecule has 0 spiro atoms. The van der Waals surface area contributed by atoms with Crippen LogP contribution in [0.3, 0.4) is 0 Å². The summed E-state index contributed by atoms with van der Waals surface area (Å²) >= 11 is 3.30. The molecule has 2 N–H and O–H groups in total. The maximum Gasteiger partial charge on any atom is 0.319 e. The van der Waals surface area contributed by atoms with Gasteiger partial charge < -0.3 is 15.2 Å². The number of hydrogen-bond acceptors (Lipinski definition) is 5. The fraction of sp³-hybridized carbons (Fsp3) is 0.667. The van der Waals surface area contributed by atoms with Gasteiger partial charge in [0.05, 0.1) is 23.3 Å². The minimum Gasteiger partial charge on any atom is -0.480 e. The number of hydrogen-bond donors (Lipinski definition) is 1. The van der Waals surface area contributed by atoms with E-state index in [1.54, 1.807) is 13.3 Å². The van der Waals surface area contributed by atoms with Crippen LogP contribution in [0.15, 0.2) is 10.7 Å². The monoisotopic (exact) mass is 315 g/mol. The van der Waals surface area contributed by atoms with E-state index in [2.05, 4.69) is 25.9 Å². The molecule has 0 radical (unpaired) electrons. The fourth-order valence-corrected chi connectivity index (χ4v) is 2.51. The quantitative estimate of drug-likeness (QED) is 0.923. The molecule has 0 saturated heterocycles. The van der Waals surface area contributed by atoms with E-state index in [0.29, 0.717) is 23.0 Å². The summed E-state index contributed by atoms with van der Waals surface area (Å²) < 4.78 is 11.4. The summed E-state index contributed by atoms with van der Waals surface area (Å²) in [5, 5.41) is 0. The van der Waals surface area contributed by atoms with Crippen LogP contribution in [0.1, 0.15) is 32.1 Å². The number of nitrogens with two attached hydrogens (primary N) is 1. The standard InChI is InChI=1S/C12H18BrN3O2/c1-17-10-9(13)7-15-11(16-10)18-8-12(14)5-3-2-4-6-12/h7H,2-6,8,14H2,1H3. The predicted molar refractivity (Wildman–Crippen MR) is 71.8 cm³/mol. The lowest BCUT2D eigenvalue weighted by atomic mass is 9.83. The number of rotatable bonds is 4. The van der Waals surface area contributed by atoms with Crippen LogP contribution in [0.4, 0.5) is 0 Å². The van der Waals surface area contributed by atoms with Crippen molar-refractivity contribution in [3.05, 3.63) is 10.7 Å². The predicted octanol–water partition coefficient (Wildman–Crippen LogP) is 2.29. The lowest BCUT2D eigenvalue weighted by Gasteiger charge is -2.32. The molecule has 18 heavy (non-hydrogen) atoms. The molecule has 0 aliphatic heterocycles. The van der Waals surface area contributed by atoms with Crippen molar-refractivity contribution < 1.29 is 9.47 Å². The van der Waals surface area contributed by atoms with E-state index in [9.17, 15) is 0 Å². The van der Waals surface area contributed by atoms with Crippen molar-refractivity contribution >= 4 is 15.9 Å². The highest BCUT2D eigenvalue weighted by atomic mass is 79.9. The van der Waals surface area contributed by atoms with Crippen LogP contribution in [-0.2, 0) is 0 Å². The Labute approximate surface area is 115 Å². The number of nitrogens with zero attached hydrogens (tertiary/aromatic N) is 2. The third-order valence-corrected chi connectivity index (χ3v) is 3.77. The Balaban J connectivity index is 1.97. The molecule has 1 aromatic rings. The molecule has 1 saturated carbocycles. The van der Waals surface area contributed by atoms with Crippen molar-refractivity contribution in [2.75, 3.05) is 13.7 Å². The van der Waals surface area contributed by atoms with Crippen molar-refractivity contribution in [2.24, 2.45) is 5.73 Å². The van der Waals surface area contributed by atoms with Gasteiger partial charge in [-0.2, -0.15) is 4.98 Å². The molecule has 1 heterocycles. The minimum absolute atomic E-state index is 0.234. The smallest absolute Gasteiger partial charge is 0.319 e. The molecule has 0 atom stereocenters. The second kappa shape index (κ2) is 5.84. The molecule has 2 rings (SSSR count). The average Bonchev–Trinajstić information content (AvgIpc) is 2.39. The van der Waals surface area contributed by atoms with Crippen LogP contribution in [0.2, 0.25) is 0 Å². The third kappa shape index (κ3) is 3.32. The van der Waals surface area contributed by atoms with Crippen LogP contribution < -0.4 is 15.2 Å². The van der Waals surface area contributed by atoms with Gasteiger partial charge in [-0.1, -0.05) is 19.3 Å². The highest BCUT2D eigenvalue weighted by molar-refractivity contribution is 9.10. The molecule has 1 aliphatic rings. The van der Waals surface area contributed by atoms with E-state index in [1.165, 1.54) is 19.3 Å². The molecule has 0 amide bonds. The zero-order valence-electron chi connectivity index (χ0n) is 10.5. The summed E-state index contributed by atoms with van der Waals surface area (Å²) in [5.41, 5.74) is 6.05. The number of ether oxygens (including phenoxy) is 2. The highest BCUT2D eigenvalue weighted by Gasteiger charge is 2.28. The molecule has 1 fully saturated rings. The van der Waals surface area contributed by atoms with Gasteiger partial charge in [0.2, 0.25) is 5.88 Å².